The van der Waals surface area contributed by atoms with Crippen LogP contribution >= 0.6 is 0 Å². The monoisotopic (exact) mass is 335 g/mol. The highest BCUT2D eigenvalue weighted by Crippen LogP contribution is 2.21. The van der Waals surface area contributed by atoms with Gasteiger partial charge >= 0.3 is 0 Å². The van der Waals surface area contributed by atoms with E-state index in [1.165, 1.54) is 24.8 Å². The van der Waals surface area contributed by atoms with Crippen molar-refractivity contribution in [1.29, 1.82) is 0 Å². The Kier molecular flexibility index (Phi) is 9.38. The molecule has 0 saturated carbocycles. The molecule has 1 rings (SSSR count). The van der Waals surface area contributed by atoms with Gasteiger partial charge in [0.05, 0.1) is 13.2 Å². The lowest BCUT2D eigenvalue weighted by molar-refractivity contribution is 0.146. The second-order valence-electron chi connectivity index (χ2n) is 7.78. The molecule has 3 nitrogen and oxygen atoms in total. The standard InChI is InChI=1S/C21H37NO2/c1-17(2)8-6-5-7-15-24-20-11-9-19(10-12-20)13-14-21(22,16-23)18(3)4/h9-12,17-18,23H,5-8,13-16,22H2,1-4H3/t21-/m1/s1. The Morgan fingerprint density at radius 2 is 1.71 bits per heavy atom. The van der Waals surface area contributed by atoms with Crippen molar-refractivity contribution in [2.24, 2.45) is 17.6 Å². The minimum Gasteiger partial charge on any atom is -0.494 e. The third-order valence-corrected chi connectivity index (χ3v) is 4.94. The first-order valence-electron chi connectivity index (χ1n) is 9.49. The first kappa shape index (κ1) is 21.0. The van der Waals surface area contributed by atoms with Crippen LogP contribution in [0.4, 0.5) is 0 Å². The highest BCUT2D eigenvalue weighted by Gasteiger charge is 2.27. The lowest BCUT2D eigenvalue weighted by atomic mass is 9.83. The Labute approximate surface area is 148 Å². The third-order valence-electron chi connectivity index (χ3n) is 4.94. The van der Waals surface area contributed by atoms with Gasteiger partial charge in [-0.2, -0.15) is 0 Å². The topological polar surface area (TPSA) is 55.5 Å². The molecule has 3 heteroatoms. The number of aliphatic hydroxyl groups is 1. The van der Waals surface area contributed by atoms with Crippen LogP contribution in [0.1, 0.15) is 65.4 Å². The molecule has 0 saturated heterocycles. The van der Waals surface area contributed by atoms with Crippen LogP contribution in [0.5, 0.6) is 5.75 Å². The number of unbranched alkanes of at least 4 members (excludes halogenated alkanes) is 2. The maximum absolute atomic E-state index is 9.52. The van der Waals surface area contributed by atoms with Crippen LogP contribution in [0.3, 0.4) is 0 Å². The molecule has 0 spiro atoms. The fraction of sp³-hybridized carbons (Fsp3) is 0.714. The van der Waals surface area contributed by atoms with Crippen molar-refractivity contribution in [2.45, 2.75) is 71.8 Å². The van der Waals surface area contributed by atoms with Crippen LogP contribution in [0.25, 0.3) is 0 Å². The molecule has 0 aliphatic carbocycles. The molecule has 0 aliphatic rings. The minimum atomic E-state index is -0.495. The second-order valence-corrected chi connectivity index (χ2v) is 7.78. The number of rotatable bonds is 12. The van der Waals surface area contributed by atoms with Gasteiger partial charge < -0.3 is 15.6 Å². The summed E-state index contributed by atoms with van der Waals surface area (Å²) in [6, 6.07) is 8.28. The summed E-state index contributed by atoms with van der Waals surface area (Å²) < 4.78 is 5.81. The maximum Gasteiger partial charge on any atom is 0.119 e. The van der Waals surface area contributed by atoms with Crippen molar-refractivity contribution < 1.29 is 9.84 Å². The first-order chi connectivity index (χ1) is 11.4. The van der Waals surface area contributed by atoms with E-state index >= 15 is 0 Å². The van der Waals surface area contributed by atoms with E-state index in [-0.39, 0.29) is 12.5 Å². The van der Waals surface area contributed by atoms with Gasteiger partial charge in [-0.1, -0.05) is 59.1 Å². The normalized spacial score (nSPS) is 14.2. The number of ether oxygens (including phenoxy) is 1. The van der Waals surface area contributed by atoms with Gasteiger partial charge in [0.2, 0.25) is 0 Å². The fourth-order valence-corrected chi connectivity index (χ4v) is 2.70. The summed E-state index contributed by atoms with van der Waals surface area (Å²) in [7, 11) is 0. The Balaban J connectivity index is 2.30. The molecule has 0 radical (unpaired) electrons. The molecule has 0 bridgehead atoms. The third kappa shape index (κ3) is 7.67. The van der Waals surface area contributed by atoms with Crippen molar-refractivity contribution >= 4 is 0 Å². The van der Waals surface area contributed by atoms with E-state index in [0.717, 1.165) is 37.5 Å². The molecule has 0 amide bonds. The van der Waals surface area contributed by atoms with Crippen LogP contribution in [-0.2, 0) is 6.42 Å². The molecule has 1 atom stereocenters. The Hall–Kier alpha value is -1.06. The van der Waals surface area contributed by atoms with Gasteiger partial charge in [0.1, 0.15) is 5.75 Å². The van der Waals surface area contributed by atoms with Gasteiger partial charge in [-0.15, -0.1) is 0 Å². The van der Waals surface area contributed by atoms with Crippen molar-refractivity contribution in [3.63, 3.8) is 0 Å². The fourth-order valence-electron chi connectivity index (χ4n) is 2.70. The van der Waals surface area contributed by atoms with Gasteiger partial charge in [-0.25, -0.2) is 0 Å². The maximum atomic E-state index is 9.52. The Morgan fingerprint density at radius 1 is 1.04 bits per heavy atom. The van der Waals surface area contributed by atoms with E-state index < -0.39 is 5.54 Å². The average Bonchev–Trinajstić information content (AvgIpc) is 2.56. The number of hydrogen-bond donors (Lipinski definition) is 2. The summed E-state index contributed by atoms with van der Waals surface area (Å²) in [5, 5.41) is 9.52. The summed E-state index contributed by atoms with van der Waals surface area (Å²) in [5.74, 6) is 2.00. The van der Waals surface area contributed by atoms with E-state index in [1.807, 2.05) is 12.1 Å². The summed E-state index contributed by atoms with van der Waals surface area (Å²) in [6.45, 7) is 9.50. The molecule has 3 N–H and O–H groups in total. The first-order valence-corrected chi connectivity index (χ1v) is 9.49. The molecule has 24 heavy (non-hydrogen) atoms. The van der Waals surface area contributed by atoms with Crippen LogP contribution in [-0.4, -0.2) is 23.9 Å². The molecule has 1 aromatic carbocycles. The molecule has 0 unspecified atom stereocenters. The lowest BCUT2D eigenvalue weighted by Crippen LogP contribution is -2.48. The number of benzene rings is 1. The highest BCUT2D eigenvalue weighted by molar-refractivity contribution is 5.27. The summed E-state index contributed by atoms with van der Waals surface area (Å²) >= 11 is 0. The van der Waals surface area contributed by atoms with E-state index in [0.29, 0.717) is 0 Å². The van der Waals surface area contributed by atoms with E-state index in [9.17, 15) is 5.11 Å². The van der Waals surface area contributed by atoms with Crippen LogP contribution in [0, 0.1) is 11.8 Å². The number of nitrogens with two attached hydrogens (primary N) is 1. The molecular formula is C21H37NO2. The van der Waals surface area contributed by atoms with E-state index in [2.05, 4.69) is 39.8 Å². The molecule has 0 aromatic heterocycles. The van der Waals surface area contributed by atoms with Gasteiger partial charge in [-0.3, -0.25) is 0 Å². The van der Waals surface area contributed by atoms with Crippen LogP contribution in [0.2, 0.25) is 0 Å². The van der Waals surface area contributed by atoms with Crippen LogP contribution in [0.15, 0.2) is 24.3 Å². The SMILES string of the molecule is CC(C)CCCCCOc1ccc(CC[C@@](N)(CO)C(C)C)cc1. The average molecular weight is 336 g/mol. The summed E-state index contributed by atoms with van der Waals surface area (Å²) in [6.07, 6.45) is 6.63. The Bertz CT molecular complexity index is 442. The zero-order valence-electron chi connectivity index (χ0n) is 16.1. The smallest absolute Gasteiger partial charge is 0.119 e. The summed E-state index contributed by atoms with van der Waals surface area (Å²) in [4.78, 5) is 0. The molecule has 0 aliphatic heterocycles. The van der Waals surface area contributed by atoms with Crippen LogP contribution < -0.4 is 10.5 Å². The summed E-state index contributed by atoms with van der Waals surface area (Å²) in [5.41, 5.74) is 7.01. The Morgan fingerprint density at radius 3 is 2.25 bits per heavy atom. The van der Waals surface area contributed by atoms with Gasteiger partial charge in [0.25, 0.3) is 0 Å². The zero-order chi connectivity index (χ0) is 18.0. The van der Waals surface area contributed by atoms with E-state index in [1.54, 1.807) is 0 Å². The van der Waals surface area contributed by atoms with Crippen molar-refractivity contribution in [3.8, 4) is 5.75 Å². The lowest BCUT2D eigenvalue weighted by Gasteiger charge is -2.31. The molecule has 138 valence electrons. The second kappa shape index (κ2) is 10.7. The largest absolute Gasteiger partial charge is 0.494 e. The van der Waals surface area contributed by atoms with Crippen molar-refractivity contribution in [2.75, 3.05) is 13.2 Å². The molecule has 1 aromatic rings. The van der Waals surface area contributed by atoms with Gasteiger partial charge in [-0.05, 0) is 48.8 Å². The van der Waals surface area contributed by atoms with Crippen molar-refractivity contribution in [3.05, 3.63) is 29.8 Å². The predicted octanol–water partition coefficient (Wildman–Crippen LogP) is 4.56. The highest BCUT2D eigenvalue weighted by atomic mass is 16.5. The van der Waals surface area contributed by atoms with Gasteiger partial charge in [0.15, 0.2) is 0 Å². The van der Waals surface area contributed by atoms with Crippen molar-refractivity contribution in [1.82, 2.24) is 0 Å². The molecular weight excluding hydrogens is 298 g/mol. The number of aryl methyl sites for hydroxylation is 1. The van der Waals surface area contributed by atoms with E-state index in [4.69, 9.17) is 10.5 Å². The zero-order valence-corrected chi connectivity index (χ0v) is 16.1. The number of aliphatic hydroxyl groups excluding tert-OH is 1. The molecule has 0 fully saturated rings. The molecule has 0 heterocycles. The predicted molar refractivity (Wildman–Crippen MR) is 102 cm³/mol. The van der Waals surface area contributed by atoms with Gasteiger partial charge in [0, 0.05) is 5.54 Å². The number of hydrogen-bond acceptors (Lipinski definition) is 3. The minimum absolute atomic E-state index is 0.0304. The quantitative estimate of drug-likeness (QED) is 0.551.